The SMILES string of the molecule is CCOC(=O)Cc1nc(N)c(C(F)F)cc1CBr. The molecule has 0 atom stereocenters. The van der Waals surface area contributed by atoms with Gasteiger partial charge < -0.3 is 10.5 Å². The van der Waals surface area contributed by atoms with E-state index in [0.717, 1.165) is 0 Å². The monoisotopic (exact) mass is 322 g/mol. The van der Waals surface area contributed by atoms with Gasteiger partial charge in [0.2, 0.25) is 0 Å². The Bertz CT molecular complexity index is 441. The van der Waals surface area contributed by atoms with E-state index in [2.05, 4.69) is 20.9 Å². The molecule has 0 aliphatic heterocycles. The van der Waals surface area contributed by atoms with Gasteiger partial charge in [-0.3, -0.25) is 4.79 Å². The largest absolute Gasteiger partial charge is 0.466 e. The molecule has 4 nitrogen and oxygen atoms in total. The van der Waals surface area contributed by atoms with E-state index in [1.165, 1.54) is 6.07 Å². The second-order valence-electron chi connectivity index (χ2n) is 3.48. The Balaban J connectivity index is 3.05. The summed E-state index contributed by atoms with van der Waals surface area (Å²) >= 11 is 3.17. The number of halogens is 3. The van der Waals surface area contributed by atoms with Crippen molar-refractivity contribution in [2.24, 2.45) is 0 Å². The molecule has 0 saturated carbocycles. The maximum atomic E-state index is 12.6. The second-order valence-corrected chi connectivity index (χ2v) is 4.05. The van der Waals surface area contributed by atoms with E-state index >= 15 is 0 Å². The van der Waals surface area contributed by atoms with Gasteiger partial charge in [0.25, 0.3) is 6.43 Å². The third-order valence-electron chi connectivity index (χ3n) is 2.25. The molecule has 18 heavy (non-hydrogen) atoms. The third-order valence-corrected chi connectivity index (χ3v) is 2.85. The van der Waals surface area contributed by atoms with Crippen LogP contribution in [-0.2, 0) is 21.3 Å². The minimum Gasteiger partial charge on any atom is -0.466 e. The molecule has 1 aromatic heterocycles. The first-order valence-corrected chi connectivity index (χ1v) is 6.39. The maximum absolute atomic E-state index is 12.6. The molecule has 0 saturated heterocycles. The van der Waals surface area contributed by atoms with Gasteiger partial charge in [-0.1, -0.05) is 15.9 Å². The Morgan fingerprint density at radius 1 is 1.61 bits per heavy atom. The fourth-order valence-corrected chi connectivity index (χ4v) is 1.90. The van der Waals surface area contributed by atoms with Gasteiger partial charge in [-0.15, -0.1) is 0 Å². The summed E-state index contributed by atoms with van der Waals surface area (Å²) in [6.45, 7) is 1.94. The molecule has 0 radical (unpaired) electrons. The molecule has 100 valence electrons. The molecule has 1 heterocycles. The lowest BCUT2D eigenvalue weighted by molar-refractivity contribution is -0.142. The van der Waals surface area contributed by atoms with Crippen LogP contribution < -0.4 is 5.73 Å². The van der Waals surface area contributed by atoms with Gasteiger partial charge >= 0.3 is 5.97 Å². The van der Waals surface area contributed by atoms with Crippen LogP contribution >= 0.6 is 15.9 Å². The molecule has 0 unspecified atom stereocenters. The molecule has 0 amide bonds. The van der Waals surface area contributed by atoms with Crippen molar-refractivity contribution in [1.29, 1.82) is 0 Å². The summed E-state index contributed by atoms with van der Waals surface area (Å²) in [5.74, 6) is -0.717. The Morgan fingerprint density at radius 2 is 2.28 bits per heavy atom. The van der Waals surface area contributed by atoms with E-state index in [9.17, 15) is 13.6 Å². The molecule has 0 spiro atoms. The average Bonchev–Trinajstić information content (AvgIpc) is 2.29. The number of hydrogen-bond acceptors (Lipinski definition) is 4. The van der Waals surface area contributed by atoms with Crippen LogP contribution in [0.3, 0.4) is 0 Å². The summed E-state index contributed by atoms with van der Waals surface area (Å²) in [6, 6.07) is 1.26. The zero-order chi connectivity index (χ0) is 13.7. The number of carbonyl (C=O) groups excluding carboxylic acids is 1. The fourth-order valence-electron chi connectivity index (χ4n) is 1.42. The fraction of sp³-hybridized carbons (Fsp3) is 0.455. The van der Waals surface area contributed by atoms with Crippen LogP contribution in [0.1, 0.15) is 30.2 Å². The van der Waals surface area contributed by atoms with Crippen molar-refractivity contribution in [3.05, 3.63) is 22.9 Å². The molecule has 0 fully saturated rings. The Kier molecular flexibility index (Phi) is 5.46. The summed E-state index contributed by atoms with van der Waals surface area (Å²) in [5, 5.41) is 0.314. The molecule has 0 aromatic carbocycles. The molecular formula is C11H13BrF2N2O2. The lowest BCUT2D eigenvalue weighted by Gasteiger charge is -2.11. The number of esters is 1. The van der Waals surface area contributed by atoms with E-state index in [1.54, 1.807) is 6.92 Å². The molecule has 0 aliphatic carbocycles. The van der Waals surface area contributed by atoms with Crippen LogP contribution in [0.2, 0.25) is 0 Å². The van der Waals surface area contributed by atoms with Crippen LogP contribution in [0, 0.1) is 0 Å². The smallest absolute Gasteiger partial charge is 0.311 e. The number of pyridine rings is 1. The van der Waals surface area contributed by atoms with Crippen LogP contribution in [-0.4, -0.2) is 17.6 Å². The van der Waals surface area contributed by atoms with E-state index in [1.807, 2.05) is 0 Å². The van der Waals surface area contributed by atoms with Crippen LogP contribution in [0.4, 0.5) is 14.6 Å². The normalized spacial score (nSPS) is 10.7. The van der Waals surface area contributed by atoms with E-state index in [0.29, 0.717) is 16.6 Å². The first-order valence-electron chi connectivity index (χ1n) is 5.27. The third kappa shape index (κ3) is 3.63. The Morgan fingerprint density at radius 3 is 2.78 bits per heavy atom. The van der Waals surface area contributed by atoms with Crippen LogP contribution in [0.25, 0.3) is 0 Å². The highest BCUT2D eigenvalue weighted by Crippen LogP contribution is 2.27. The van der Waals surface area contributed by atoms with Crippen molar-refractivity contribution in [2.75, 3.05) is 12.3 Å². The predicted octanol–water partition coefficient (Wildman–Crippen LogP) is 2.60. The summed E-state index contributed by atoms with van der Waals surface area (Å²) in [4.78, 5) is 15.2. The highest BCUT2D eigenvalue weighted by Gasteiger charge is 2.18. The zero-order valence-corrected chi connectivity index (χ0v) is 11.3. The van der Waals surface area contributed by atoms with E-state index < -0.39 is 12.4 Å². The van der Waals surface area contributed by atoms with Crippen molar-refractivity contribution in [1.82, 2.24) is 4.98 Å². The van der Waals surface area contributed by atoms with Gasteiger partial charge in [-0.25, -0.2) is 13.8 Å². The molecule has 1 aromatic rings. The van der Waals surface area contributed by atoms with E-state index in [4.69, 9.17) is 10.5 Å². The van der Waals surface area contributed by atoms with Gasteiger partial charge in [0, 0.05) is 5.33 Å². The van der Waals surface area contributed by atoms with Gasteiger partial charge in [0.15, 0.2) is 0 Å². The number of anilines is 1. The van der Waals surface area contributed by atoms with Crippen LogP contribution in [0.15, 0.2) is 6.07 Å². The van der Waals surface area contributed by atoms with Gasteiger partial charge in [-0.05, 0) is 18.6 Å². The second kappa shape index (κ2) is 6.63. The van der Waals surface area contributed by atoms with Crippen molar-refractivity contribution < 1.29 is 18.3 Å². The Labute approximate surface area is 112 Å². The number of aromatic nitrogens is 1. The molecule has 0 bridgehead atoms. The number of rotatable bonds is 5. The molecule has 1 rings (SSSR count). The molecular weight excluding hydrogens is 310 g/mol. The van der Waals surface area contributed by atoms with Crippen molar-refractivity contribution >= 4 is 27.7 Å². The average molecular weight is 323 g/mol. The van der Waals surface area contributed by atoms with Crippen molar-refractivity contribution in [3.8, 4) is 0 Å². The number of nitrogens with zero attached hydrogens (tertiary/aromatic N) is 1. The molecule has 0 aliphatic rings. The van der Waals surface area contributed by atoms with E-state index in [-0.39, 0.29) is 24.4 Å². The number of nitrogens with two attached hydrogens (primary N) is 1. The van der Waals surface area contributed by atoms with Gasteiger partial charge in [-0.2, -0.15) is 0 Å². The first-order chi connectivity index (χ1) is 8.49. The lowest BCUT2D eigenvalue weighted by Crippen LogP contribution is -2.12. The number of nitrogen functional groups attached to an aromatic ring is 1. The van der Waals surface area contributed by atoms with Crippen LogP contribution in [0.5, 0.6) is 0 Å². The molecule has 7 heteroatoms. The minimum atomic E-state index is -2.69. The highest BCUT2D eigenvalue weighted by molar-refractivity contribution is 9.08. The summed E-state index contributed by atoms with van der Waals surface area (Å²) in [6.07, 6.45) is -2.77. The highest BCUT2D eigenvalue weighted by atomic mass is 79.9. The first kappa shape index (κ1) is 14.8. The maximum Gasteiger partial charge on any atom is 0.311 e. The number of hydrogen-bond donors (Lipinski definition) is 1. The van der Waals surface area contributed by atoms with Gasteiger partial charge in [0.05, 0.1) is 24.3 Å². The standard InChI is InChI=1S/C11H13BrF2N2O2/c1-2-18-9(17)4-8-6(5-12)3-7(10(13)14)11(15)16-8/h3,10H,2,4-5H2,1H3,(H2,15,16). The predicted molar refractivity (Wildman–Crippen MR) is 66.6 cm³/mol. The van der Waals surface area contributed by atoms with Crippen molar-refractivity contribution in [2.45, 2.75) is 25.1 Å². The number of carbonyl (C=O) groups is 1. The summed E-state index contributed by atoms with van der Waals surface area (Å²) in [5.41, 5.74) is 5.98. The van der Waals surface area contributed by atoms with Gasteiger partial charge in [0.1, 0.15) is 5.82 Å². The quantitative estimate of drug-likeness (QED) is 0.668. The number of alkyl halides is 3. The van der Waals surface area contributed by atoms with Crippen molar-refractivity contribution in [3.63, 3.8) is 0 Å². The number of ether oxygens (including phenoxy) is 1. The lowest BCUT2D eigenvalue weighted by atomic mass is 10.1. The Hall–Kier alpha value is -1.24. The summed E-state index contributed by atoms with van der Waals surface area (Å²) < 4.78 is 30.0. The topological polar surface area (TPSA) is 65.2 Å². The molecule has 2 N–H and O–H groups in total. The minimum absolute atomic E-state index is 0.0809. The summed E-state index contributed by atoms with van der Waals surface area (Å²) in [7, 11) is 0. The zero-order valence-electron chi connectivity index (χ0n) is 9.75.